The van der Waals surface area contributed by atoms with Gasteiger partial charge in [-0.3, -0.25) is 0 Å². The van der Waals surface area contributed by atoms with Crippen LogP contribution in [0.4, 0.5) is 22.0 Å². The lowest BCUT2D eigenvalue weighted by atomic mass is 9.85. The molecule has 0 unspecified atom stereocenters. The molecule has 0 heterocycles. The van der Waals surface area contributed by atoms with Gasteiger partial charge in [0.05, 0.1) is 0 Å². The van der Waals surface area contributed by atoms with E-state index < -0.39 is 51.7 Å². The topological polar surface area (TPSA) is 188 Å². The molecule has 0 spiro atoms. The van der Waals surface area contributed by atoms with Gasteiger partial charge < -0.3 is 59.4 Å². The molecule has 770 valence electrons. The van der Waals surface area contributed by atoms with E-state index in [9.17, 15) is 57.7 Å². The van der Waals surface area contributed by atoms with Gasteiger partial charge in [0.15, 0.2) is 57.5 Å². The summed E-state index contributed by atoms with van der Waals surface area (Å²) >= 11 is 23.7. The molecular weight excluding hydrogens is 2260 g/mol. The van der Waals surface area contributed by atoms with E-state index in [4.69, 9.17) is 23.7 Å². The van der Waals surface area contributed by atoms with Gasteiger partial charge in [-0.15, -0.1) is 0 Å². The first kappa shape index (κ1) is 122. The standard InChI is InChI=1S/2C20H25BrO2.C19H23BrO2.C18H21BrO2.C17H14BrF5O2.2C12H17BrO/c1-12-7-17(8-13(2)14(12)3)23-18-10-16(20(4,5)6)9-15(11-21)19(18)22;1-12-7-13(2)19(14(3)8-12)23-17-10-16(20(4,5)6)9-15(11-21)18(17)22;1-12-7-6-8-13(2)18(12)22-16-10-15(19(3,4)5)9-14(11-20)17(16)21;1-18(2,3)15-9-14(11-19)17(20)16(10-15)21-12-13-7-5-4-6-8-13;1-17(2,3)8-4-7(6-18)15(24)9(5-8)25-16-13(22)11(20)10(19)12(21)14(16)23;2*1-8-5-10(12(2,3)4)6-9(7-13)11(8)14/h2*7-10,22H,11H2,1-6H3;6-10,21H,11H2,1-5H3;4-10,20H,11-12H2,1-3H3;4-5,24H,6H2,1-3H3;2*5-6,14H,7H2,1-4H3. The third kappa shape index (κ3) is 33.4. The third-order valence-electron chi connectivity index (χ3n) is 23.8. The molecule has 0 saturated heterocycles. The Bertz CT molecular complexity index is 6200. The Balaban J connectivity index is 0.000000256. The molecule has 0 atom stereocenters. The molecule has 0 fully saturated rings. The van der Waals surface area contributed by atoms with E-state index in [1.54, 1.807) is 6.07 Å². The summed E-state index contributed by atoms with van der Waals surface area (Å²) in [6.45, 7) is 65.2. The Hall–Kier alpha value is -8.75. The molecule has 12 aromatic carbocycles. The van der Waals surface area contributed by atoms with Gasteiger partial charge in [0.25, 0.3) is 0 Å². The first-order valence-electron chi connectivity index (χ1n) is 46.6. The summed E-state index contributed by atoms with van der Waals surface area (Å²) in [5.41, 5.74) is 25.3. The monoisotopic (exact) mass is 2400 g/mol. The summed E-state index contributed by atoms with van der Waals surface area (Å²) in [5.74, 6) is -7.00. The zero-order valence-electron chi connectivity index (χ0n) is 87.9. The number of phenolic OH excluding ortho intramolecular Hbond substituents is 7. The Morgan fingerprint density at radius 3 is 0.754 bits per heavy atom. The summed E-state index contributed by atoms with van der Waals surface area (Å²) < 4.78 is 96.3. The molecular formula is C118H142Br7F5O12. The molecule has 7 N–H and O–H groups in total. The van der Waals surface area contributed by atoms with Crippen LogP contribution in [0.1, 0.15) is 284 Å². The fourth-order valence-corrected chi connectivity index (χ4v) is 17.4. The minimum absolute atomic E-state index is 0.00940. The van der Waals surface area contributed by atoms with Gasteiger partial charge in [-0.25, -0.2) is 13.2 Å². The van der Waals surface area contributed by atoms with Crippen LogP contribution in [0.5, 0.6) is 92.0 Å². The van der Waals surface area contributed by atoms with Crippen LogP contribution in [0, 0.1) is 98.3 Å². The minimum atomic E-state index is -2.28. The maximum atomic E-state index is 13.8. The lowest BCUT2D eigenvalue weighted by Crippen LogP contribution is -2.12. The zero-order chi connectivity index (χ0) is 108. The zero-order valence-corrected chi connectivity index (χ0v) is 99.0. The van der Waals surface area contributed by atoms with Crippen molar-refractivity contribution in [2.24, 2.45) is 0 Å². The maximum absolute atomic E-state index is 13.8. The average Bonchev–Trinajstić information content (AvgIpc) is 0.768. The van der Waals surface area contributed by atoms with Crippen LogP contribution in [-0.4, -0.2) is 35.7 Å². The molecule has 142 heavy (non-hydrogen) atoms. The molecule has 0 bridgehead atoms. The van der Waals surface area contributed by atoms with Crippen LogP contribution in [0.2, 0.25) is 0 Å². The molecule has 12 rings (SSSR count). The molecule has 12 nitrogen and oxygen atoms in total. The number of benzene rings is 12. The van der Waals surface area contributed by atoms with E-state index in [1.807, 2.05) is 172 Å². The number of hydrogen-bond donors (Lipinski definition) is 7. The van der Waals surface area contributed by atoms with Gasteiger partial charge in [0.2, 0.25) is 34.8 Å². The predicted molar refractivity (Wildman–Crippen MR) is 600 cm³/mol. The van der Waals surface area contributed by atoms with Gasteiger partial charge in [0.1, 0.15) is 35.4 Å². The Labute approximate surface area is 899 Å². The summed E-state index contributed by atoms with van der Waals surface area (Å²) in [5, 5.41) is 75.4. The van der Waals surface area contributed by atoms with E-state index in [2.05, 4.69) is 300 Å². The molecule has 0 radical (unpaired) electrons. The summed E-state index contributed by atoms with van der Waals surface area (Å²) in [6.07, 6.45) is 0. The first-order valence-corrected chi connectivity index (χ1v) is 54.5. The summed E-state index contributed by atoms with van der Waals surface area (Å²) in [6, 6.07) is 51.3. The minimum Gasteiger partial charge on any atom is -0.507 e. The lowest BCUT2D eigenvalue weighted by molar-refractivity contribution is 0.287. The quantitative estimate of drug-likeness (QED) is 0.0187. The van der Waals surface area contributed by atoms with E-state index >= 15 is 0 Å². The van der Waals surface area contributed by atoms with E-state index in [0.717, 1.165) is 112 Å². The van der Waals surface area contributed by atoms with Gasteiger partial charge in [0, 0.05) is 76.3 Å². The van der Waals surface area contributed by atoms with E-state index in [1.165, 1.54) is 39.4 Å². The van der Waals surface area contributed by atoms with Crippen molar-refractivity contribution in [3.8, 4) is 92.0 Å². The largest absolute Gasteiger partial charge is 0.507 e. The number of hydrogen-bond acceptors (Lipinski definition) is 12. The van der Waals surface area contributed by atoms with Crippen molar-refractivity contribution >= 4 is 112 Å². The smallest absolute Gasteiger partial charge is 0.207 e. The van der Waals surface area contributed by atoms with Gasteiger partial charge in [-0.2, -0.15) is 8.78 Å². The van der Waals surface area contributed by atoms with Crippen LogP contribution in [0.3, 0.4) is 0 Å². The van der Waals surface area contributed by atoms with Crippen molar-refractivity contribution in [2.75, 3.05) is 0 Å². The third-order valence-corrected chi connectivity index (χ3v) is 28.0. The first-order chi connectivity index (χ1) is 65.6. The summed E-state index contributed by atoms with van der Waals surface area (Å²) in [4.78, 5) is 0. The number of para-hydroxylation sites is 1. The fourth-order valence-electron chi connectivity index (χ4n) is 14.4. The van der Waals surface area contributed by atoms with Gasteiger partial charge in [-0.1, -0.05) is 378 Å². The Morgan fingerprint density at radius 2 is 0.472 bits per heavy atom. The summed E-state index contributed by atoms with van der Waals surface area (Å²) in [7, 11) is 0. The van der Waals surface area contributed by atoms with Crippen molar-refractivity contribution in [2.45, 2.75) is 296 Å². The molecule has 0 aliphatic carbocycles. The number of aromatic hydroxyl groups is 7. The second-order valence-electron chi connectivity index (χ2n) is 42.9. The number of alkyl halides is 7. The fraction of sp³-hybridized carbons (Fsp3) is 0.390. The molecule has 0 aliphatic rings. The number of ether oxygens (including phenoxy) is 5. The second-order valence-corrected chi connectivity index (χ2v) is 46.8. The molecule has 0 amide bonds. The molecule has 0 saturated carbocycles. The second kappa shape index (κ2) is 51.5. The Morgan fingerprint density at radius 1 is 0.232 bits per heavy atom. The van der Waals surface area contributed by atoms with Crippen molar-refractivity contribution in [3.05, 3.63) is 326 Å². The predicted octanol–water partition coefficient (Wildman–Crippen LogP) is 37.6. The highest BCUT2D eigenvalue weighted by molar-refractivity contribution is 9.09. The van der Waals surface area contributed by atoms with Crippen LogP contribution >= 0.6 is 112 Å². The average molecular weight is 2410 g/mol. The van der Waals surface area contributed by atoms with Gasteiger partial charge in [-0.05, 0) is 244 Å². The lowest BCUT2D eigenvalue weighted by Gasteiger charge is -2.22. The molecule has 24 heteroatoms. The highest BCUT2D eigenvalue weighted by Gasteiger charge is 2.32. The van der Waals surface area contributed by atoms with E-state index in [-0.39, 0.29) is 60.8 Å². The molecule has 0 aliphatic heterocycles. The number of rotatable bonds is 18. The normalized spacial score (nSPS) is 11.6. The number of phenols is 7. The number of halogens is 12. The SMILES string of the molecule is CC(C)(C)c1cc(CBr)c(O)c(OCc2ccccc2)c1.CC(C)(C)c1cc(CBr)c(O)c(Oc2c(F)c(F)c(F)c(F)c2F)c1.Cc1cc(C(C)(C)C)cc(CBr)c1O.Cc1cc(C(C)(C)C)cc(CBr)c1O.Cc1cc(C)c(Oc2cc(C(C)(C)C)cc(CBr)c2O)c(C)c1.Cc1cc(Oc2cc(C(C)(C)C)cc(CBr)c2O)cc(C)c1C.Cc1cccc(C)c1Oc1cc(C(C)(C)C)cc(CBr)c1O. The molecule has 0 aromatic heterocycles. The highest BCUT2D eigenvalue weighted by atomic mass is 79.9. The van der Waals surface area contributed by atoms with Crippen molar-refractivity contribution < 1.29 is 81.4 Å². The van der Waals surface area contributed by atoms with Gasteiger partial charge >= 0.3 is 0 Å². The highest BCUT2D eigenvalue weighted by Crippen LogP contribution is 2.48. The van der Waals surface area contributed by atoms with E-state index in [0.29, 0.717) is 84.2 Å². The maximum Gasteiger partial charge on any atom is 0.207 e. The van der Waals surface area contributed by atoms with Crippen LogP contribution in [0.15, 0.2) is 158 Å². The Kier molecular flexibility index (Phi) is 44.3. The number of aryl methyl sites for hydroxylation is 9. The van der Waals surface area contributed by atoms with Crippen LogP contribution in [0.25, 0.3) is 0 Å². The van der Waals surface area contributed by atoms with Crippen molar-refractivity contribution in [3.63, 3.8) is 0 Å². The van der Waals surface area contributed by atoms with Crippen LogP contribution in [-0.2, 0) is 81.8 Å². The van der Waals surface area contributed by atoms with Crippen LogP contribution < -0.4 is 23.7 Å². The van der Waals surface area contributed by atoms with Crippen molar-refractivity contribution in [1.29, 1.82) is 0 Å². The molecule has 12 aromatic rings. The van der Waals surface area contributed by atoms with Crippen molar-refractivity contribution in [1.82, 2.24) is 0 Å².